The molecule has 0 spiro atoms. The van der Waals surface area contributed by atoms with Crippen molar-refractivity contribution in [3.05, 3.63) is 64.7 Å². The molecule has 1 amide bonds. The Bertz CT molecular complexity index is 974. The summed E-state index contributed by atoms with van der Waals surface area (Å²) in [5, 5.41) is 3.48. The van der Waals surface area contributed by atoms with E-state index in [1.54, 1.807) is 24.3 Å². The van der Waals surface area contributed by atoms with Gasteiger partial charge < -0.3 is 5.32 Å². The molecule has 2 aromatic rings. The Balaban J connectivity index is 1.46. The smallest absolute Gasteiger partial charge is 0.232 e. The lowest BCUT2D eigenvalue weighted by molar-refractivity contribution is -0.121. The largest absolute Gasteiger partial charge is 0.352 e. The molecule has 0 aromatic heterocycles. The van der Waals surface area contributed by atoms with Crippen LogP contribution in [-0.2, 0) is 27.9 Å². The van der Waals surface area contributed by atoms with Gasteiger partial charge in [-0.05, 0) is 67.7 Å². The highest BCUT2D eigenvalue weighted by Gasteiger charge is 2.17. The highest BCUT2D eigenvalue weighted by molar-refractivity contribution is 7.92. The van der Waals surface area contributed by atoms with Gasteiger partial charge in [0.15, 0.2) is 0 Å². The molecule has 168 valence electrons. The van der Waals surface area contributed by atoms with Crippen LogP contribution in [0.2, 0.25) is 5.02 Å². The molecule has 1 aliphatic rings. The van der Waals surface area contributed by atoms with E-state index in [1.807, 2.05) is 12.1 Å². The van der Waals surface area contributed by atoms with Gasteiger partial charge in [0.2, 0.25) is 15.9 Å². The van der Waals surface area contributed by atoms with Gasteiger partial charge in [0.25, 0.3) is 0 Å². The van der Waals surface area contributed by atoms with Crippen molar-refractivity contribution >= 4 is 33.2 Å². The lowest BCUT2D eigenvalue weighted by atomic mass is 10.1. The van der Waals surface area contributed by atoms with Crippen molar-refractivity contribution in [2.24, 2.45) is 0 Å². The van der Waals surface area contributed by atoms with Gasteiger partial charge >= 0.3 is 0 Å². The van der Waals surface area contributed by atoms with E-state index in [0.29, 0.717) is 23.7 Å². The number of nitrogens with zero attached hydrogens (tertiary/aromatic N) is 2. The first kappa shape index (κ1) is 23.6. The Hall–Kier alpha value is -2.09. The van der Waals surface area contributed by atoms with E-state index in [9.17, 15) is 13.2 Å². The van der Waals surface area contributed by atoms with E-state index in [4.69, 9.17) is 11.6 Å². The molecule has 1 saturated heterocycles. The molecule has 0 unspecified atom stereocenters. The number of amides is 1. The van der Waals surface area contributed by atoms with Gasteiger partial charge in [0.1, 0.15) is 0 Å². The standard InChI is InChI=1S/C23H30ClN3O3S/c1-31(29,30)27(22-11-9-21(24)10-12-22)15-5-8-23(28)25-17-19-6-4-7-20(16-19)18-26-13-2-3-14-26/h4,6-7,9-12,16H,2-3,5,8,13-15,17-18H2,1H3,(H,25,28). The Morgan fingerprint density at radius 3 is 2.45 bits per heavy atom. The van der Waals surface area contributed by atoms with Crippen LogP contribution in [-0.4, -0.2) is 45.1 Å². The minimum Gasteiger partial charge on any atom is -0.352 e. The molecule has 2 aromatic carbocycles. The maximum Gasteiger partial charge on any atom is 0.232 e. The van der Waals surface area contributed by atoms with Gasteiger partial charge in [-0.1, -0.05) is 35.9 Å². The number of carbonyl (C=O) groups is 1. The number of carbonyl (C=O) groups excluding carboxylic acids is 1. The molecular weight excluding hydrogens is 434 g/mol. The minimum absolute atomic E-state index is 0.0884. The van der Waals surface area contributed by atoms with Gasteiger partial charge in [-0.25, -0.2) is 8.42 Å². The van der Waals surface area contributed by atoms with Crippen LogP contribution in [0.1, 0.15) is 36.8 Å². The number of rotatable bonds is 10. The van der Waals surface area contributed by atoms with Crippen molar-refractivity contribution in [1.82, 2.24) is 10.2 Å². The molecule has 0 radical (unpaired) electrons. The van der Waals surface area contributed by atoms with Crippen LogP contribution in [0.25, 0.3) is 0 Å². The van der Waals surface area contributed by atoms with E-state index in [-0.39, 0.29) is 18.9 Å². The quantitative estimate of drug-likeness (QED) is 0.581. The summed E-state index contributed by atoms with van der Waals surface area (Å²) in [5.74, 6) is -0.0884. The Labute approximate surface area is 190 Å². The minimum atomic E-state index is -3.44. The first-order chi connectivity index (χ1) is 14.8. The summed E-state index contributed by atoms with van der Waals surface area (Å²) < 4.78 is 25.6. The fraction of sp³-hybridized carbons (Fsp3) is 0.435. The number of anilines is 1. The second-order valence-electron chi connectivity index (χ2n) is 8.00. The average molecular weight is 464 g/mol. The molecular formula is C23H30ClN3O3S. The predicted molar refractivity (Wildman–Crippen MR) is 126 cm³/mol. The van der Waals surface area contributed by atoms with E-state index in [1.165, 1.54) is 22.7 Å². The van der Waals surface area contributed by atoms with E-state index in [2.05, 4.69) is 22.3 Å². The summed E-state index contributed by atoms with van der Waals surface area (Å²) in [5.41, 5.74) is 2.88. The molecule has 1 N–H and O–H groups in total. The van der Waals surface area contributed by atoms with Gasteiger partial charge in [-0.2, -0.15) is 0 Å². The third kappa shape index (κ3) is 7.52. The molecule has 0 atom stereocenters. The first-order valence-electron chi connectivity index (χ1n) is 10.6. The maximum atomic E-state index is 12.3. The number of halogens is 1. The number of hydrogen-bond donors (Lipinski definition) is 1. The van der Waals surface area contributed by atoms with E-state index in [0.717, 1.165) is 31.5 Å². The molecule has 3 rings (SSSR count). The van der Waals surface area contributed by atoms with Gasteiger partial charge in [0, 0.05) is 31.1 Å². The van der Waals surface area contributed by atoms with Crippen molar-refractivity contribution in [3.63, 3.8) is 0 Å². The molecule has 31 heavy (non-hydrogen) atoms. The molecule has 8 heteroatoms. The second kappa shape index (κ2) is 11.0. The van der Waals surface area contributed by atoms with Crippen LogP contribution in [0.3, 0.4) is 0 Å². The van der Waals surface area contributed by atoms with E-state index >= 15 is 0 Å². The number of nitrogens with one attached hydrogen (secondary N) is 1. The average Bonchev–Trinajstić information content (AvgIpc) is 3.23. The Morgan fingerprint density at radius 2 is 1.77 bits per heavy atom. The number of hydrogen-bond acceptors (Lipinski definition) is 4. The SMILES string of the molecule is CS(=O)(=O)N(CCCC(=O)NCc1cccc(CN2CCCC2)c1)c1ccc(Cl)cc1. The lowest BCUT2D eigenvalue weighted by Gasteiger charge is -2.22. The summed E-state index contributed by atoms with van der Waals surface area (Å²) in [7, 11) is -3.44. The predicted octanol–water partition coefficient (Wildman–Crippen LogP) is 3.80. The molecule has 0 aliphatic carbocycles. The maximum absolute atomic E-state index is 12.3. The topological polar surface area (TPSA) is 69.7 Å². The zero-order chi connectivity index (χ0) is 22.3. The summed E-state index contributed by atoms with van der Waals surface area (Å²) in [6.07, 6.45) is 4.38. The number of benzene rings is 2. The molecule has 1 heterocycles. The summed E-state index contributed by atoms with van der Waals surface area (Å²) in [4.78, 5) is 14.7. The van der Waals surface area contributed by atoms with Crippen LogP contribution in [0.4, 0.5) is 5.69 Å². The Kier molecular flexibility index (Phi) is 8.35. The molecule has 0 bridgehead atoms. The summed E-state index contributed by atoms with van der Waals surface area (Å²) in [6.45, 7) is 3.97. The van der Waals surface area contributed by atoms with Crippen molar-refractivity contribution in [3.8, 4) is 0 Å². The van der Waals surface area contributed by atoms with Crippen LogP contribution in [0.15, 0.2) is 48.5 Å². The highest BCUT2D eigenvalue weighted by Crippen LogP contribution is 2.21. The van der Waals surface area contributed by atoms with Gasteiger partial charge in [-0.3, -0.25) is 14.0 Å². The second-order valence-corrected chi connectivity index (χ2v) is 10.3. The zero-order valence-electron chi connectivity index (χ0n) is 17.9. The van der Waals surface area contributed by atoms with E-state index < -0.39 is 10.0 Å². The molecule has 6 nitrogen and oxygen atoms in total. The number of sulfonamides is 1. The fourth-order valence-corrected chi connectivity index (χ4v) is 4.89. The van der Waals surface area contributed by atoms with Gasteiger partial charge in [0.05, 0.1) is 11.9 Å². The van der Waals surface area contributed by atoms with Crippen molar-refractivity contribution in [2.45, 2.75) is 38.8 Å². The van der Waals surface area contributed by atoms with Crippen molar-refractivity contribution in [1.29, 1.82) is 0 Å². The Morgan fingerprint density at radius 1 is 1.10 bits per heavy atom. The van der Waals surface area contributed by atoms with Crippen LogP contribution < -0.4 is 9.62 Å². The monoisotopic (exact) mass is 463 g/mol. The first-order valence-corrected chi connectivity index (χ1v) is 12.8. The molecule has 1 aliphatic heterocycles. The van der Waals surface area contributed by atoms with Gasteiger partial charge in [-0.15, -0.1) is 0 Å². The van der Waals surface area contributed by atoms with Crippen molar-refractivity contribution < 1.29 is 13.2 Å². The normalized spacial score (nSPS) is 14.5. The van der Waals surface area contributed by atoms with Crippen LogP contribution in [0.5, 0.6) is 0 Å². The molecule has 0 saturated carbocycles. The lowest BCUT2D eigenvalue weighted by Crippen LogP contribution is -2.32. The number of likely N-dealkylation sites (tertiary alicyclic amines) is 1. The zero-order valence-corrected chi connectivity index (χ0v) is 19.5. The summed E-state index contributed by atoms with van der Waals surface area (Å²) in [6, 6.07) is 14.9. The third-order valence-corrected chi connectivity index (χ3v) is 6.81. The van der Waals surface area contributed by atoms with Crippen LogP contribution >= 0.6 is 11.6 Å². The fourth-order valence-electron chi connectivity index (χ4n) is 3.80. The molecule has 1 fully saturated rings. The van der Waals surface area contributed by atoms with Crippen LogP contribution in [0, 0.1) is 0 Å². The summed E-state index contributed by atoms with van der Waals surface area (Å²) >= 11 is 5.89. The third-order valence-electron chi connectivity index (χ3n) is 5.37. The van der Waals surface area contributed by atoms with Crippen molar-refractivity contribution in [2.75, 3.05) is 30.2 Å². The highest BCUT2D eigenvalue weighted by atomic mass is 35.5.